The molecule has 2 N–H and O–H groups in total. The number of aryl methyl sites for hydroxylation is 1. The molecule has 3 nitrogen and oxygen atoms in total. The van der Waals surface area contributed by atoms with Crippen molar-refractivity contribution in [1.29, 1.82) is 0 Å². The van der Waals surface area contributed by atoms with Gasteiger partial charge in [0.15, 0.2) is 0 Å². The van der Waals surface area contributed by atoms with Gasteiger partial charge in [0.05, 0.1) is 11.2 Å². The molecule has 0 fully saturated rings. The molecular weight excluding hydrogens is 284 g/mol. The smallest absolute Gasteiger partial charge is 0.120 e. The minimum atomic E-state index is 0.285. The highest BCUT2D eigenvalue weighted by atomic mass is 35.5. The maximum absolute atomic E-state index is 9.90. The third kappa shape index (κ3) is 2.93. The van der Waals surface area contributed by atoms with Gasteiger partial charge in [-0.3, -0.25) is 4.98 Å². The Bertz CT molecular complexity index is 802. The van der Waals surface area contributed by atoms with E-state index in [2.05, 4.69) is 10.3 Å². The summed E-state index contributed by atoms with van der Waals surface area (Å²) in [6.45, 7) is 2.51. The number of rotatable bonds is 3. The third-order valence-electron chi connectivity index (χ3n) is 3.37. The molecule has 4 heteroatoms. The van der Waals surface area contributed by atoms with E-state index in [1.54, 1.807) is 12.3 Å². The number of aromatic nitrogens is 1. The SMILES string of the molecule is Cc1ccc(O)c(CNc2cc(Cl)cc3cccnc23)c1. The Morgan fingerprint density at radius 2 is 2.05 bits per heavy atom. The van der Waals surface area contributed by atoms with E-state index in [0.717, 1.165) is 27.7 Å². The number of aromatic hydroxyl groups is 1. The summed E-state index contributed by atoms with van der Waals surface area (Å²) in [6, 6.07) is 13.2. The molecule has 21 heavy (non-hydrogen) atoms. The molecule has 0 unspecified atom stereocenters. The molecule has 3 aromatic rings. The van der Waals surface area contributed by atoms with Crippen molar-refractivity contribution in [2.24, 2.45) is 0 Å². The first-order valence-electron chi connectivity index (χ1n) is 6.70. The molecule has 3 rings (SSSR count). The molecule has 1 aromatic heterocycles. The highest BCUT2D eigenvalue weighted by Crippen LogP contribution is 2.27. The van der Waals surface area contributed by atoms with Crippen molar-refractivity contribution in [3.05, 3.63) is 64.8 Å². The standard InChI is InChI=1S/C17H15ClN2O/c1-11-4-5-16(21)13(7-11)10-20-15-9-14(18)8-12-3-2-6-19-17(12)15/h2-9,20-21H,10H2,1H3. The zero-order chi connectivity index (χ0) is 14.8. The summed E-state index contributed by atoms with van der Waals surface area (Å²) in [6.07, 6.45) is 1.76. The summed E-state index contributed by atoms with van der Waals surface area (Å²) < 4.78 is 0. The van der Waals surface area contributed by atoms with Gasteiger partial charge in [-0.25, -0.2) is 0 Å². The van der Waals surface area contributed by atoms with E-state index in [1.807, 2.05) is 43.3 Å². The Balaban J connectivity index is 1.93. The molecule has 0 spiro atoms. The predicted molar refractivity (Wildman–Crippen MR) is 86.9 cm³/mol. The highest BCUT2D eigenvalue weighted by Gasteiger charge is 2.06. The lowest BCUT2D eigenvalue weighted by Crippen LogP contribution is -2.01. The highest BCUT2D eigenvalue weighted by molar-refractivity contribution is 6.31. The molecular formula is C17H15ClN2O. The van der Waals surface area contributed by atoms with Crippen molar-refractivity contribution in [1.82, 2.24) is 4.98 Å². The van der Waals surface area contributed by atoms with Crippen molar-refractivity contribution in [2.75, 3.05) is 5.32 Å². The average Bonchev–Trinajstić information content (AvgIpc) is 2.47. The topological polar surface area (TPSA) is 45.1 Å². The van der Waals surface area contributed by atoms with Gasteiger partial charge in [-0.15, -0.1) is 0 Å². The summed E-state index contributed by atoms with van der Waals surface area (Å²) in [5.74, 6) is 0.285. The molecule has 0 aliphatic heterocycles. The van der Waals surface area contributed by atoms with Gasteiger partial charge in [-0.1, -0.05) is 35.4 Å². The van der Waals surface area contributed by atoms with Crippen LogP contribution in [0.15, 0.2) is 48.7 Å². The maximum atomic E-state index is 9.90. The van der Waals surface area contributed by atoms with E-state index in [-0.39, 0.29) is 5.75 Å². The van der Waals surface area contributed by atoms with Crippen LogP contribution >= 0.6 is 11.6 Å². The fraction of sp³-hybridized carbons (Fsp3) is 0.118. The van der Waals surface area contributed by atoms with Gasteiger partial charge in [-0.05, 0) is 31.2 Å². The van der Waals surface area contributed by atoms with Gasteiger partial charge in [-0.2, -0.15) is 0 Å². The van der Waals surface area contributed by atoms with E-state index < -0.39 is 0 Å². The number of anilines is 1. The largest absolute Gasteiger partial charge is 0.508 e. The van der Waals surface area contributed by atoms with Gasteiger partial charge in [0, 0.05) is 28.7 Å². The zero-order valence-corrected chi connectivity index (χ0v) is 12.4. The fourth-order valence-corrected chi connectivity index (χ4v) is 2.56. The van der Waals surface area contributed by atoms with Crippen LogP contribution in [0.25, 0.3) is 10.9 Å². The molecule has 0 aliphatic rings. The zero-order valence-electron chi connectivity index (χ0n) is 11.6. The van der Waals surface area contributed by atoms with Crippen molar-refractivity contribution in [2.45, 2.75) is 13.5 Å². The summed E-state index contributed by atoms with van der Waals surface area (Å²) in [5, 5.41) is 14.9. The first-order valence-corrected chi connectivity index (χ1v) is 7.08. The number of phenols is 1. The Morgan fingerprint density at radius 3 is 2.90 bits per heavy atom. The van der Waals surface area contributed by atoms with E-state index in [9.17, 15) is 5.11 Å². The van der Waals surface area contributed by atoms with Crippen molar-refractivity contribution >= 4 is 28.2 Å². The molecule has 106 valence electrons. The maximum Gasteiger partial charge on any atom is 0.120 e. The van der Waals surface area contributed by atoms with Crippen molar-refractivity contribution in [3.63, 3.8) is 0 Å². The number of phenolic OH excluding ortho intramolecular Hbond substituents is 1. The normalized spacial score (nSPS) is 10.8. The van der Waals surface area contributed by atoms with Crippen LogP contribution in [0.2, 0.25) is 5.02 Å². The minimum absolute atomic E-state index is 0.285. The molecule has 0 radical (unpaired) electrons. The fourth-order valence-electron chi connectivity index (χ4n) is 2.34. The Hall–Kier alpha value is -2.26. The van der Waals surface area contributed by atoms with Crippen molar-refractivity contribution < 1.29 is 5.11 Å². The molecule has 0 atom stereocenters. The monoisotopic (exact) mass is 298 g/mol. The third-order valence-corrected chi connectivity index (χ3v) is 3.59. The van der Waals surface area contributed by atoms with Gasteiger partial charge in [0.25, 0.3) is 0 Å². The van der Waals surface area contributed by atoms with Crippen LogP contribution in [0.1, 0.15) is 11.1 Å². The molecule has 1 heterocycles. The summed E-state index contributed by atoms with van der Waals surface area (Å²) in [7, 11) is 0. The molecule has 0 saturated heterocycles. The second-order valence-electron chi connectivity index (χ2n) is 5.01. The number of hydrogen-bond donors (Lipinski definition) is 2. The second-order valence-corrected chi connectivity index (χ2v) is 5.45. The quantitative estimate of drug-likeness (QED) is 0.747. The predicted octanol–water partition coefficient (Wildman–Crippen LogP) is 4.51. The molecule has 0 aliphatic carbocycles. The number of hydrogen-bond acceptors (Lipinski definition) is 3. The average molecular weight is 299 g/mol. The van der Waals surface area contributed by atoms with Crippen LogP contribution in [0, 0.1) is 6.92 Å². The molecule has 0 bridgehead atoms. The lowest BCUT2D eigenvalue weighted by Gasteiger charge is -2.11. The van der Waals surface area contributed by atoms with Gasteiger partial charge in [0.2, 0.25) is 0 Å². The Morgan fingerprint density at radius 1 is 1.19 bits per heavy atom. The Kier molecular flexibility index (Phi) is 3.67. The molecule has 0 amide bonds. The number of pyridine rings is 1. The van der Waals surface area contributed by atoms with Crippen LogP contribution < -0.4 is 5.32 Å². The van der Waals surface area contributed by atoms with E-state index >= 15 is 0 Å². The molecule has 0 saturated carbocycles. The van der Waals surface area contributed by atoms with Crippen molar-refractivity contribution in [3.8, 4) is 5.75 Å². The van der Waals surface area contributed by atoms with E-state index in [4.69, 9.17) is 11.6 Å². The number of nitrogens with one attached hydrogen (secondary N) is 1. The van der Waals surface area contributed by atoms with E-state index in [0.29, 0.717) is 11.6 Å². The van der Waals surface area contributed by atoms with Gasteiger partial charge < -0.3 is 10.4 Å². The number of halogens is 1. The Labute approximate surface area is 128 Å². The summed E-state index contributed by atoms with van der Waals surface area (Å²) in [4.78, 5) is 4.39. The van der Waals surface area contributed by atoms with Crippen LogP contribution in [0.4, 0.5) is 5.69 Å². The number of nitrogens with zero attached hydrogens (tertiary/aromatic N) is 1. The number of fused-ring (bicyclic) bond motifs is 1. The van der Waals surface area contributed by atoms with E-state index in [1.165, 1.54) is 0 Å². The lowest BCUT2D eigenvalue weighted by molar-refractivity contribution is 0.469. The van der Waals surface area contributed by atoms with Crippen LogP contribution in [-0.2, 0) is 6.54 Å². The van der Waals surface area contributed by atoms with Crippen LogP contribution in [-0.4, -0.2) is 10.1 Å². The number of benzene rings is 2. The van der Waals surface area contributed by atoms with Gasteiger partial charge in [0.1, 0.15) is 5.75 Å². The second kappa shape index (κ2) is 5.62. The van der Waals surface area contributed by atoms with Gasteiger partial charge >= 0.3 is 0 Å². The summed E-state index contributed by atoms with van der Waals surface area (Å²) >= 11 is 6.14. The minimum Gasteiger partial charge on any atom is -0.508 e. The first-order chi connectivity index (χ1) is 10.1. The first kappa shape index (κ1) is 13.7. The van der Waals surface area contributed by atoms with Crippen LogP contribution in [0.5, 0.6) is 5.75 Å². The molecule has 2 aromatic carbocycles. The van der Waals surface area contributed by atoms with Crippen LogP contribution in [0.3, 0.4) is 0 Å². The lowest BCUT2D eigenvalue weighted by atomic mass is 10.1. The summed E-state index contributed by atoms with van der Waals surface area (Å²) in [5.41, 5.74) is 3.69.